The maximum Gasteiger partial charge on any atom is 0.258 e. The highest BCUT2D eigenvalue weighted by Crippen LogP contribution is 2.41. The van der Waals surface area contributed by atoms with Gasteiger partial charge in [-0.05, 0) is 55.5 Å². The van der Waals surface area contributed by atoms with Crippen LogP contribution in [0.3, 0.4) is 0 Å². The molecule has 2 aromatic rings. The second-order valence-corrected chi connectivity index (χ2v) is 6.32. The van der Waals surface area contributed by atoms with Crippen molar-refractivity contribution < 1.29 is 19.0 Å². The van der Waals surface area contributed by atoms with E-state index in [4.69, 9.17) is 14.2 Å². The van der Waals surface area contributed by atoms with Gasteiger partial charge in [0.15, 0.2) is 18.1 Å². The molecule has 138 valence electrons. The second kappa shape index (κ2) is 8.61. The van der Waals surface area contributed by atoms with Crippen molar-refractivity contribution in [1.82, 2.24) is 5.32 Å². The molecular formula is C21H25NO4. The molecule has 0 bridgehead atoms. The molecule has 1 aliphatic rings. The molecule has 0 saturated heterocycles. The quantitative estimate of drug-likeness (QED) is 0.744. The van der Waals surface area contributed by atoms with Crippen LogP contribution in [0.5, 0.6) is 17.2 Å². The van der Waals surface area contributed by atoms with Crippen LogP contribution in [0.2, 0.25) is 0 Å². The Labute approximate surface area is 154 Å². The third-order valence-corrected chi connectivity index (χ3v) is 4.39. The molecule has 0 heterocycles. The summed E-state index contributed by atoms with van der Waals surface area (Å²) in [5.74, 6) is 2.39. The van der Waals surface area contributed by atoms with Gasteiger partial charge >= 0.3 is 0 Å². The lowest BCUT2D eigenvalue weighted by atomic mass is 10.0. The lowest BCUT2D eigenvalue weighted by Gasteiger charge is -2.19. The fourth-order valence-electron chi connectivity index (χ4n) is 2.92. The van der Waals surface area contributed by atoms with E-state index < -0.39 is 0 Å². The third-order valence-electron chi connectivity index (χ3n) is 4.39. The molecular weight excluding hydrogens is 330 g/mol. The maximum atomic E-state index is 12.4. The summed E-state index contributed by atoms with van der Waals surface area (Å²) in [7, 11) is 1.65. The molecule has 1 N–H and O–H groups in total. The largest absolute Gasteiger partial charge is 0.497 e. The summed E-state index contributed by atoms with van der Waals surface area (Å²) in [6.45, 7) is 2.43. The lowest BCUT2D eigenvalue weighted by Crippen LogP contribution is -2.33. The number of nitrogens with one attached hydrogen (secondary N) is 1. The van der Waals surface area contributed by atoms with Crippen molar-refractivity contribution in [3.05, 3.63) is 54.1 Å². The average Bonchev–Trinajstić information content (AvgIpc) is 3.51. The monoisotopic (exact) mass is 355 g/mol. The van der Waals surface area contributed by atoms with E-state index in [1.807, 2.05) is 49.4 Å². The van der Waals surface area contributed by atoms with Crippen molar-refractivity contribution in [2.24, 2.45) is 5.92 Å². The number of carbonyl (C=O) groups excluding carboxylic acids is 1. The first-order valence-electron chi connectivity index (χ1n) is 8.99. The Kier molecular flexibility index (Phi) is 6.00. The predicted octanol–water partition coefficient (Wildman–Crippen LogP) is 3.74. The maximum absolute atomic E-state index is 12.4. The first-order chi connectivity index (χ1) is 12.7. The highest BCUT2D eigenvalue weighted by atomic mass is 16.5. The fourth-order valence-corrected chi connectivity index (χ4v) is 2.92. The zero-order valence-corrected chi connectivity index (χ0v) is 15.2. The van der Waals surface area contributed by atoms with Crippen molar-refractivity contribution in [3.63, 3.8) is 0 Å². The summed E-state index contributed by atoms with van der Waals surface area (Å²) in [6, 6.07) is 15.3. The highest BCUT2D eigenvalue weighted by Gasteiger charge is 2.33. The van der Waals surface area contributed by atoms with Gasteiger partial charge in [-0.1, -0.05) is 24.3 Å². The SMILES string of the molecule is CCOc1ccccc1OCC(=O)NC(c1ccc(OC)cc1)C1CC1. The predicted molar refractivity (Wildman–Crippen MR) is 99.7 cm³/mol. The molecule has 1 saturated carbocycles. The molecule has 3 rings (SSSR count). The van der Waals surface area contributed by atoms with Crippen LogP contribution in [0.15, 0.2) is 48.5 Å². The lowest BCUT2D eigenvalue weighted by molar-refractivity contribution is -0.124. The van der Waals surface area contributed by atoms with Gasteiger partial charge in [0.2, 0.25) is 0 Å². The Morgan fingerprint density at radius 3 is 2.31 bits per heavy atom. The summed E-state index contributed by atoms with van der Waals surface area (Å²) in [6.07, 6.45) is 2.26. The van der Waals surface area contributed by atoms with Gasteiger partial charge in [-0.3, -0.25) is 4.79 Å². The standard InChI is InChI=1S/C21H25NO4/c1-3-25-18-6-4-5-7-19(18)26-14-20(23)22-21(15-8-9-15)16-10-12-17(24-2)13-11-16/h4-7,10-13,15,21H,3,8-9,14H2,1-2H3,(H,22,23). The van der Waals surface area contributed by atoms with Crippen LogP contribution in [0.1, 0.15) is 31.4 Å². The van der Waals surface area contributed by atoms with Gasteiger partial charge in [-0.15, -0.1) is 0 Å². The normalized spacial score (nSPS) is 14.4. The van der Waals surface area contributed by atoms with Crippen LogP contribution in [-0.2, 0) is 4.79 Å². The minimum atomic E-state index is -0.135. The number of amides is 1. The second-order valence-electron chi connectivity index (χ2n) is 6.32. The molecule has 1 amide bonds. The van der Waals surface area contributed by atoms with Crippen molar-refractivity contribution in [2.75, 3.05) is 20.3 Å². The number of rotatable bonds is 9. The number of carbonyl (C=O) groups is 1. The topological polar surface area (TPSA) is 56.8 Å². The summed E-state index contributed by atoms with van der Waals surface area (Å²) in [5, 5.41) is 3.11. The molecule has 26 heavy (non-hydrogen) atoms. The average molecular weight is 355 g/mol. The molecule has 0 spiro atoms. The number of ether oxygens (including phenoxy) is 3. The van der Waals surface area contributed by atoms with E-state index in [9.17, 15) is 4.79 Å². The van der Waals surface area contributed by atoms with Crippen LogP contribution >= 0.6 is 0 Å². The van der Waals surface area contributed by atoms with Gasteiger partial charge in [0, 0.05) is 0 Å². The van der Waals surface area contributed by atoms with Crippen molar-refractivity contribution >= 4 is 5.91 Å². The summed E-state index contributed by atoms with van der Waals surface area (Å²) < 4.78 is 16.4. The Morgan fingerprint density at radius 1 is 1.08 bits per heavy atom. The van der Waals surface area contributed by atoms with Gasteiger partial charge in [0.25, 0.3) is 5.91 Å². The molecule has 0 radical (unpaired) electrons. The van der Waals surface area contributed by atoms with Gasteiger partial charge in [0.05, 0.1) is 19.8 Å². The molecule has 1 aliphatic carbocycles. The van der Waals surface area contributed by atoms with E-state index >= 15 is 0 Å². The van der Waals surface area contributed by atoms with Crippen LogP contribution in [0.4, 0.5) is 0 Å². The summed E-state index contributed by atoms with van der Waals surface area (Å²) in [5.41, 5.74) is 1.09. The van der Waals surface area contributed by atoms with E-state index in [0.29, 0.717) is 24.0 Å². The molecule has 0 aromatic heterocycles. The number of hydrogen-bond acceptors (Lipinski definition) is 4. The molecule has 1 unspecified atom stereocenters. The number of benzene rings is 2. The molecule has 5 nitrogen and oxygen atoms in total. The van der Waals surface area contributed by atoms with Gasteiger partial charge in [-0.2, -0.15) is 0 Å². The van der Waals surface area contributed by atoms with E-state index in [1.54, 1.807) is 13.2 Å². The summed E-state index contributed by atoms with van der Waals surface area (Å²) in [4.78, 5) is 12.4. The van der Waals surface area contributed by atoms with Gasteiger partial charge < -0.3 is 19.5 Å². The van der Waals surface area contributed by atoms with Crippen LogP contribution < -0.4 is 19.5 Å². The van der Waals surface area contributed by atoms with E-state index in [0.717, 1.165) is 24.2 Å². The van der Waals surface area contributed by atoms with Crippen LogP contribution in [-0.4, -0.2) is 26.2 Å². The molecule has 2 aromatic carbocycles. The first kappa shape index (κ1) is 18.1. The fraction of sp³-hybridized carbons (Fsp3) is 0.381. The minimum absolute atomic E-state index is 0.0131. The van der Waals surface area contributed by atoms with Crippen LogP contribution in [0, 0.1) is 5.92 Å². The molecule has 1 fully saturated rings. The van der Waals surface area contributed by atoms with Crippen molar-refractivity contribution in [3.8, 4) is 17.2 Å². The summed E-state index contributed by atoms with van der Waals surface area (Å²) >= 11 is 0. The molecule has 1 atom stereocenters. The minimum Gasteiger partial charge on any atom is -0.497 e. The highest BCUT2D eigenvalue weighted by molar-refractivity contribution is 5.78. The van der Waals surface area contributed by atoms with E-state index in [-0.39, 0.29) is 18.6 Å². The zero-order chi connectivity index (χ0) is 18.4. The Hall–Kier alpha value is -2.69. The van der Waals surface area contributed by atoms with Gasteiger partial charge in [0.1, 0.15) is 5.75 Å². The van der Waals surface area contributed by atoms with E-state index in [1.165, 1.54) is 0 Å². The molecule has 0 aliphatic heterocycles. The van der Waals surface area contributed by atoms with Crippen molar-refractivity contribution in [1.29, 1.82) is 0 Å². The van der Waals surface area contributed by atoms with Crippen molar-refractivity contribution in [2.45, 2.75) is 25.8 Å². The number of hydrogen-bond donors (Lipinski definition) is 1. The Morgan fingerprint density at radius 2 is 1.73 bits per heavy atom. The number of methoxy groups -OCH3 is 1. The zero-order valence-electron chi connectivity index (χ0n) is 15.2. The van der Waals surface area contributed by atoms with E-state index in [2.05, 4.69) is 5.32 Å². The first-order valence-corrected chi connectivity index (χ1v) is 8.99. The van der Waals surface area contributed by atoms with Gasteiger partial charge in [-0.25, -0.2) is 0 Å². The smallest absolute Gasteiger partial charge is 0.258 e. The third kappa shape index (κ3) is 4.69. The van der Waals surface area contributed by atoms with Crippen LogP contribution in [0.25, 0.3) is 0 Å². The number of para-hydroxylation sites is 2. The Bertz CT molecular complexity index is 725. The molecule has 5 heteroatoms. The Balaban J connectivity index is 1.60.